The molecule has 0 spiro atoms. The fourth-order valence-electron chi connectivity index (χ4n) is 1.83. The molecule has 1 amide bonds. The molecule has 0 atom stereocenters. The number of nitrogens with one attached hydrogen (secondary N) is 1. The van der Waals surface area contributed by atoms with E-state index in [1.165, 1.54) is 0 Å². The van der Waals surface area contributed by atoms with Gasteiger partial charge in [0.25, 0.3) is 0 Å². The Kier molecular flexibility index (Phi) is 5.64. The summed E-state index contributed by atoms with van der Waals surface area (Å²) in [6.07, 6.45) is 1.38. The molecule has 1 N–H and O–H groups in total. The van der Waals surface area contributed by atoms with E-state index in [1.807, 2.05) is 55.5 Å². The van der Waals surface area contributed by atoms with Gasteiger partial charge in [0, 0.05) is 17.1 Å². The summed E-state index contributed by atoms with van der Waals surface area (Å²) in [6.45, 7) is 2.46. The van der Waals surface area contributed by atoms with Crippen LogP contribution in [0.4, 0.5) is 5.69 Å². The second kappa shape index (κ2) is 7.70. The predicted octanol–water partition coefficient (Wildman–Crippen LogP) is 4.66. The normalized spacial score (nSPS) is 10.2. The molecule has 0 aromatic heterocycles. The Balaban J connectivity index is 1.87. The SMILES string of the molecule is CCCC(=O)Nc1ccc(OCc2ccc(Cl)cc2)cc1. The number of benzene rings is 2. The maximum Gasteiger partial charge on any atom is 0.224 e. The highest BCUT2D eigenvalue weighted by Crippen LogP contribution is 2.18. The highest BCUT2D eigenvalue weighted by Gasteiger charge is 2.01. The van der Waals surface area contributed by atoms with Crippen LogP contribution in [0.1, 0.15) is 25.3 Å². The van der Waals surface area contributed by atoms with E-state index in [2.05, 4.69) is 5.32 Å². The third-order valence-electron chi connectivity index (χ3n) is 2.93. The molecule has 2 rings (SSSR count). The first-order chi connectivity index (χ1) is 10.2. The summed E-state index contributed by atoms with van der Waals surface area (Å²) in [6, 6.07) is 14.9. The molecule has 21 heavy (non-hydrogen) atoms. The van der Waals surface area contributed by atoms with Crippen LogP contribution in [0.15, 0.2) is 48.5 Å². The molecule has 2 aromatic rings. The number of carbonyl (C=O) groups is 1. The molecule has 0 saturated heterocycles. The van der Waals surface area contributed by atoms with Crippen molar-refractivity contribution in [1.82, 2.24) is 0 Å². The van der Waals surface area contributed by atoms with Crippen LogP contribution in [0.3, 0.4) is 0 Å². The largest absolute Gasteiger partial charge is 0.489 e. The molecule has 0 aliphatic rings. The van der Waals surface area contributed by atoms with Gasteiger partial charge in [-0.15, -0.1) is 0 Å². The number of ether oxygens (including phenoxy) is 1. The first-order valence-electron chi connectivity index (χ1n) is 6.94. The van der Waals surface area contributed by atoms with E-state index < -0.39 is 0 Å². The van der Waals surface area contributed by atoms with Crippen LogP contribution < -0.4 is 10.1 Å². The zero-order valence-corrected chi connectivity index (χ0v) is 12.7. The third kappa shape index (κ3) is 5.12. The van der Waals surface area contributed by atoms with Gasteiger partial charge >= 0.3 is 0 Å². The van der Waals surface area contributed by atoms with Gasteiger partial charge in [0.15, 0.2) is 0 Å². The first kappa shape index (κ1) is 15.4. The van der Waals surface area contributed by atoms with Crippen molar-refractivity contribution in [2.24, 2.45) is 0 Å². The summed E-state index contributed by atoms with van der Waals surface area (Å²) in [5.74, 6) is 0.797. The monoisotopic (exact) mass is 303 g/mol. The molecule has 0 radical (unpaired) electrons. The molecule has 0 saturated carbocycles. The first-order valence-corrected chi connectivity index (χ1v) is 7.32. The molecule has 3 nitrogen and oxygen atoms in total. The van der Waals surface area contributed by atoms with Crippen molar-refractivity contribution in [3.63, 3.8) is 0 Å². The van der Waals surface area contributed by atoms with E-state index >= 15 is 0 Å². The Labute approximate surface area is 129 Å². The van der Waals surface area contributed by atoms with Crippen LogP contribution >= 0.6 is 11.6 Å². The van der Waals surface area contributed by atoms with Gasteiger partial charge < -0.3 is 10.1 Å². The lowest BCUT2D eigenvalue weighted by Crippen LogP contribution is -2.10. The van der Waals surface area contributed by atoms with Gasteiger partial charge in [0.2, 0.25) is 5.91 Å². The Morgan fingerprint density at radius 2 is 1.76 bits per heavy atom. The molecular weight excluding hydrogens is 286 g/mol. The maximum absolute atomic E-state index is 11.5. The average molecular weight is 304 g/mol. The second-order valence-electron chi connectivity index (χ2n) is 4.74. The van der Waals surface area contributed by atoms with Crippen LogP contribution in [0, 0.1) is 0 Å². The van der Waals surface area contributed by atoms with Crippen LogP contribution in [0.2, 0.25) is 5.02 Å². The van der Waals surface area contributed by atoms with Gasteiger partial charge in [0.05, 0.1) is 0 Å². The maximum atomic E-state index is 11.5. The highest BCUT2D eigenvalue weighted by atomic mass is 35.5. The van der Waals surface area contributed by atoms with Crippen molar-refractivity contribution >= 4 is 23.2 Å². The van der Waals surface area contributed by atoms with Gasteiger partial charge in [-0.3, -0.25) is 4.79 Å². The number of carbonyl (C=O) groups excluding carboxylic acids is 1. The molecule has 0 aliphatic carbocycles. The lowest BCUT2D eigenvalue weighted by Gasteiger charge is -2.08. The second-order valence-corrected chi connectivity index (χ2v) is 5.17. The van der Waals surface area contributed by atoms with E-state index in [9.17, 15) is 4.79 Å². The van der Waals surface area contributed by atoms with E-state index in [0.717, 1.165) is 23.4 Å². The van der Waals surface area contributed by atoms with Crippen LogP contribution in [-0.4, -0.2) is 5.91 Å². The molecule has 0 heterocycles. The van der Waals surface area contributed by atoms with Gasteiger partial charge in [-0.05, 0) is 48.4 Å². The third-order valence-corrected chi connectivity index (χ3v) is 3.19. The van der Waals surface area contributed by atoms with Gasteiger partial charge in [-0.1, -0.05) is 30.7 Å². The molecule has 0 unspecified atom stereocenters. The van der Waals surface area contributed by atoms with E-state index in [4.69, 9.17) is 16.3 Å². The van der Waals surface area contributed by atoms with Gasteiger partial charge in [-0.2, -0.15) is 0 Å². The minimum absolute atomic E-state index is 0.0346. The highest BCUT2D eigenvalue weighted by molar-refractivity contribution is 6.30. The average Bonchev–Trinajstić information content (AvgIpc) is 2.48. The van der Waals surface area contributed by atoms with Crippen LogP contribution in [0.25, 0.3) is 0 Å². The van der Waals surface area contributed by atoms with Crippen molar-refractivity contribution in [3.8, 4) is 5.75 Å². The van der Waals surface area contributed by atoms with E-state index in [0.29, 0.717) is 18.1 Å². The van der Waals surface area contributed by atoms with Crippen molar-refractivity contribution < 1.29 is 9.53 Å². The quantitative estimate of drug-likeness (QED) is 0.843. The summed E-state index contributed by atoms with van der Waals surface area (Å²) in [7, 11) is 0. The number of anilines is 1. The van der Waals surface area contributed by atoms with Crippen molar-refractivity contribution in [3.05, 3.63) is 59.1 Å². The van der Waals surface area contributed by atoms with Crippen LogP contribution in [-0.2, 0) is 11.4 Å². The number of halogens is 1. The topological polar surface area (TPSA) is 38.3 Å². The van der Waals surface area contributed by atoms with Crippen molar-refractivity contribution in [1.29, 1.82) is 0 Å². The molecule has 0 bridgehead atoms. The molecular formula is C17H18ClNO2. The molecule has 110 valence electrons. The van der Waals surface area contributed by atoms with E-state index in [1.54, 1.807) is 0 Å². The zero-order valence-electron chi connectivity index (χ0n) is 11.9. The lowest BCUT2D eigenvalue weighted by atomic mass is 10.2. The Hall–Kier alpha value is -2.00. The van der Waals surface area contributed by atoms with Gasteiger partial charge in [-0.25, -0.2) is 0 Å². The number of hydrogen-bond donors (Lipinski definition) is 1. The summed E-state index contributed by atoms with van der Waals surface area (Å²) >= 11 is 5.83. The Morgan fingerprint density at radius 1 is 1.10 bits per heavy atom. The fraction of sp³-hybridized carbons (Fsp3) is 0.235. The molecule has 0 fully saturated rings. The standard InChI is InChI=1S/C17H18ClNO2/c1-2-3-17(20)19-15-8-10-16(11-9-15)21-12-13-4-6-14(18)7-5-13/h4-11H,2-3,12H2,1H3,(H,19,20). The summed E-state index contributed by atoms with van der Waals surface area (Å²) in [4.78, 5) is 11.5. The van der Waals surface area contributed by atoms with Crippen molar-refractivity contribution in [2.45, 2.75) is 26.4 Å². The predicted molar refractivity (Wildman–Crippen MR) is 85.8 cm³/mol. The molecule has 0 aliphatic heterocycles. The summed E-state index contributed by atoms with van der Waals surface area (Å²) in [5.41, 5.74) is 1.84. The lowest BCUT2D eigenvalue weighted by molar-refractivity contribution is -0.116. The number of rotatable bonds is 6. The van der Waals surface area contributed by atoms with Crippen LogP contribution in [0.5, 0.6) is 5.75 Å². The Morgan fingerprint density at radius 3 is 2.38 bits per heavy atom. The number of amides is 1. The smallest absolute Gasteiger partial charge is 0.224 e. The minimum Gasteiger partial charge on any atom is -0.489 e. The van der Waals surface area contributed by atoms with E-state index in [-0.39, 0.29) is 5.91 Å². The minimum atomic E-state index is 0.0346. The fourth-order valence-corrected chi connectivity index (χ4v) is 1.96. The summed E-state index contributed by atoms with van der Waals surface area (Å²) < 4.78 is 5.68. The number of hydrogen-bond acceptors (Lipinski definition) is 2. The summed E-state index contributed by atoms with van der Waals surface area (Å²) in [5, 5.41) is 3.55. The molecule has 2 aromatic carbocycles. The Bertz CT molecular complexity index is 579. The zero-order chi connectivity index (χ0) is 15.1. The van der Waals surface area contributed by atoms with Gasteiger partial charge in [0.1, 0.15) is 12.4 Å². The van der Waals surface area contributed by atoms with Crippen molar-refractivity contribution in [2.75, 3.05) is 5.32 Å². The molecule has 4 heteroatoms.